The van der Waals surface area contributed by atoms with Crippen molar-refractivity contribution in [2.75, 3.05) is 18.0 Å². The fourth-order valence-electron chi connectivity index (χ4n) is 2.65. The highest BCUT2D eigenvalue weighted by atomic mass is 16.5. The molecule has 104 valence electrons. The quantitative estimate of drug-likeness (QED) is 0.821. The molecule has 2 aromatic rings. The minimum Gasteiger partial charge on any atom is -0.489 e. The number of rotatable bonds is 4. The van der Waals surface area contributed by atoms with Gasteiger partial charge in [-0.1, -0.05) is 30.3 Å². The Labute approximate surface area is 121 Å². The summed E-state index contributed by atoms with van der Waals surface area (Å²) in [4.78, 5) is 2.46. The Hall–Kier alpha value is -1.96. The largest absolute Gasteiger partial charge is 0.489 e. The van der Waals surface area contributed by atoms with Crippen LogP contribution in [-0.2, 0) is 6.61 Å². The molecule has 0 saturated carbocycles. The lowest BCUT2D eigenvalue weighted by molar-refractivity contribution is 0.306. The first-order valence-corrected chi connectivity index (χ1v) is 7.43. The van der Waals surface area contributed by atoms with E-state index >= 15 is 0 Å². The van der Waals surface area contributed by atoms with Crippen LogP contribution in [0.1, 0.15) is 24.8 Å². The molecule has 1 aliphatic rings. The second kappa shape index (κ2) is 6.47. The van der Waals surface area contributed by atoms with Gasteiger partial charge in [0.05, 0.1) is 0 Å². The highest BCUT2D eigenvalue weighted by Crippen LogP contribution is 2.23. The molecule has 0 amide bonds. The van der Waals surface area contributed by atoms with Crippen LogP contribution in [0.4, 0.5) is 5.69 Å². The lowest BCUT2D eigenvalue weighted by Gasteiger charge is -2.28. The van der Waals surface area contributed by atoms with Crippen molar-refractivity contribution < 1.29 is 4.74 Å². The monoisotopic (exact) mass is 267 g/mol. The van der Waals surface area contributed by atoms with Gasteiger partial charge in [-0.3, -0.25) is 0 Å². The standard InChI is InChI=1S/C18H21NO/c1-3-7-16(8-4-1)15-20-18-11-9-17(10-12-18)19-13-5-2-6-14-19/h1,3-4,7-12H,2,5-6,13-15H2. The molecule has 0 spiro atoms. The Morgan fingerprint density at radius 1 is 0.800 bits per heavy atom. The second-order valence-electron chi connectivity index (χ2n) is 5.32. The fourth-order valence-corrected chi connectivity index (χ4v) is 2.65. The summed E-state index contributed by atoms with van der Waals surface area (Å²) < 4.78 is 5.82. The Morgan fingerprint density at radius 2 is 1.50 bits per heavy atom. The molecule has 0 aliphatic carbocycles. The summed E-state index contributed by atoms with van der Waals surface area (Å²) in [5.74, 6) is 0.939. The van der Waals surface area contributed by atoms with Gasteiger partial charge in [0.15, 0.2) is 0 Å². The van der Waals surface area contributed by atoms with E-state index in [1.165, 1.54) is 43.6 Å². The molecule has 0 aromatic heterocycles. The van der Waals surface area contributed by atoms with Crippen molar-refractivity contribution >= 4 is 5.69 Å². The van der Waals surface area contributed by atoms with Crippen LogP contribution in [0.2, 0.25) is 0 Å². The summed E-state index contributed by atoms with van der Waals surface area (Å²) in [6.45, 7) is 3.00. The molecule has 1 aliphatic heterocycles. The zero-order valence-corrected chi connectivity index (χ0v) is 11.8. The van der Waals surface area contributed by atoms with E-state index in [9.17, 15) is 0 Å². The average Bonchev–Trinajstić information content (AvgIpc) is 2.55. The predicted molar refractivity (Wildman–Crippen MR) is 83.3 cm³/mol. The van der Waals surface area contributed by atoms with Crippen LogP contribution >= 0.6 is 0 Å². The fraction of sp³-hybridized carbons (Fsp3) is 0.333. The van der Waals surface area contributed by atoms with Crippen molar-refractivity contribution in [3.8, 4) is 5.75 Å². The van der Waals surface area contributed by atoms with Crippen molar-refractivity contribution in [3.05, 3.63) is 60.2 Å². The summed E-state index contributed by atoms with van der Waals surface area (Å²) in [5, 5.41) is 0. The van der Waals surface area contributed by atoms with Crippen LogP contribution < -0.4 is 9.64 Å². The molecule has 3 rings (SSSR count). The summed E-state index contributed by atoms with van der Waals surface area (Å²) in [5.41, 5.74) is 2.52. The zero-order valence-electron chi connectivity index (χ0n) is 11.8. The zero-order chi connectivity index (χ0) is 13.6. The first kappa shape index (κ1) is 13.0. The van der Waals surface area contributed by atoms with E-state index in [1.807, 2.05) is 18.2 Å². The van der Waals surface area contributed by atoms with Crippen molar-refractivity contribution in [1.82, 2.24) is 0 Å². The van der Waals surface area contributed by atoms with Crippen LogP contribution in [-0.4, -0.2) is 13.1 Å². The van der Waals surface area contributed by atoms with Crippen molar-refractivity contribution in [1.29, 1.82) is 0 Å². The molecule has 1 fully saturated rings. The SMILES string of the molecule is c1ccc(COc2ccc(N3CCCCC3)cc2)cc1. The van der Waals surface area contributed by atoms with Crippen molar-refractivity contribution in [2.45, 2.75) is 25.9 Å². The molecule has 20 heavy (non-hydrogen) atoms. The normalized spacial score (nSPS) is 15.1. The summed E-state index contributed by atoms with van der Waals surface area (Å²) in [6.07, 6.45) is 3.99. The van der Waals surface area contributed by atoms with Crippen LogP contribution in [0.25, 0.3) is 0 Å². The lowest BCUT2D eigenvalue weighted by atomic mass is 10.1. The first-order chi connectivity index (χ1) is 9.92. The van der Waals surface area contributed by atoms with E-state index in [1.54, 1.807) is 0 Å². The minimum atomic E-state index is 0.629. The van der Waals surface area contributed by atoms with Gasteiger partial charge in [0.1, 0.15) is 12.4 Å². The number of anilines is 1. The molecular weight excluding hydrogens is 246 g/mol. The predicted octanol–water partition coefficient (Wildman–Crippen LogP) is 4.26. The number of nitrogens with zero attached hydrogens (tertiary/aromatic N) is 1. The Kier molecular flexibility index (Phi) is 4.22. The van der Waals surface area contributed by atoms with Gasteiger partial charge in [0.25, 0.3) is 0 Å². The van der Waals surface area contributed by atoms with Crippen LogP contribution in [0.3, 0.4) is 0 Å². The van der Waals surface area contributed by atoms with E-state index < -0.39 is 0 Å². The third kappa shape index (κ3) is 3.32. The number of hydrogen-bond acceptors (Lipinski definition) is 2. The van der Waals surface area contributed by atoms with Gasteiger partial charge in [-0.25, -0.2) is 0 Å². The van der Waals surface area contributed by atoms with Gasteiger partial charge in [-0.2, -0.15) is 0 Å². The molecule has 0 atom stereocenters. The van der Waals surface area contributed by atoms with Gasteiger partial charge in [0.2, 0.25) is 0 Å². The topological polar surface area (TPSA) is 12.5 Å². The minimum absolute atomic E-state index is 0.629. The third-order valence-electron chi connectivity index (χ3n) is 3.81. The highest BCUT2D eigenvalue weighted by Gasteiger charge is 2.10. The molecular formula is C18H21NO. The molecule has 1 saturated heterocycles. The Bertz CT molecular complexity index is 515. The van der Waals surface area contributed by atoms with Crippen LogP contribution in [0, 0.1) is 0 Å². The van der Waals surface area contributed by atoms with Gasteiger partial charge in [-0.05, 0) is 49.1 Å². The maximum atomic E-state index is 5.82. The maximum absolute atomic E-state index is 5.82. The Balaban J connectivity index is 1.58. The van der Waals surface area contributed by atoms with Crippen molar-refractivity contribution in [2.24, 2.45) is 0 Å². The van der Waals surface area contributed by atoms with Gasteiger partial charge < -0.3 is 9.64 Å². The van der Waals surface area contributed by atoms with Crippen molar-refractivity contribution in [3.63, 3.8) is 0 Å². The van der Waals surface area contributed by atoms with E-state index in [0.29, 0.717) is 6.61 Å². The number of benzene rings is 2. The highest BCUT2D eigenvalue weighted by molar-refractivity contribution is 5.49. The van der Waals surface area contributed by atoms with E-state index in [4.69, 9.17) is 4.74 Å². The molecule has 2 aromatic carbocycles. The number of ether oxygens (including phenoxy) is 1. The second-order valence-corrected chi connectivity index (χ2v) is 5.32. The third-order valence-corrected chi connectivity index (χ3v) is 3.81. The van der Waals surface area contributed by atoms with E-state index in [-0.39, 0.29) is 0 Å². The van der Waals surface area contributed by atoms with Gasteiger partial charge in [0, 0.05) is 18.8 Å². The molecule has 2 nitrogen and oxygen atoms in total. The summed E-state index contributed by atoms with van der Waals surface area (Å²) in [6, 6.07) is 18.8. The average molecular weight is 267 g/mol. The molecule has 0 unspecified atom stereocenters. The lowest BCUT2D eigenvalue weighted by Crippen LogP contribution is -2.29. The molecule has 1 heterocycles. The van der Waals surface area contributed by atoms with Crippen LogP contribution in [0.15, 0.2) is 54.6 Å². The Morgan fingerprint density at radius 3 is 2.20 bits per heavy atom. The molecule has 2 heteroatoms. The molecule has 0 bridgehead atoms. The molecule has 0 radical (unpaired) electrons. The smallest absolute Gasteiger partial charge is 0.119 e. The number of piperidine rings is 1. The van der Waals surface area contributed by atoms with E-state index in [2.05, 4.69) is 41.3 Å². The summed E-state index contributed by atoms with van der Waals surface area (Å²) in [7, 11) is 0. The maximum Gasteiger partial charge on any atom is 0.119 e. The van der Waals surface area contributed by atoms with Crippen LogP contribution in [0.5, 0.6) is 5.75 Å². The van der Waals surface area contributed by atoms with Gasteiger partial charge >= 0.3 is 0 Å². The molecule has 0 N–H and O–H groups in total. The van der Waals surface area contributed by atoms with E-state index in [0.717, 1.165) is 5.75 Å². The first-order valence-electron chi connectivity index (χ1n) is 7.43. The summed E-state index contributed by atoms with van der Waals surface area (Å²) >= 11 is 0. The number of hydrogen-bond donors (Lipinski definition) is 0. The van der Waals surface area contributed by atoms with Gasteiger partial charge in [-0.15, -0.1) is 0 Å².